The fourth-order valence-electron chi connectivity index (χ4n) is 1.76. The second-order valence-corrected chi connectivity index (χ2v) is 3.53. The standard InChI is InChI=1S/C11H12FNO/c12-10-4-2-1-3-9(10)11(14)8-5-6-13-7-8/h1-4,8,13H,5-7H2/t8-/m0/s1. The van der Waals surface area contributed by atoms with E-state index in [-0.39, 0.29) is 17.3 Å². The zero-order chi connectivity index (χ0) is 9.97. The molecule has 0 saturated carbocycles. The highest BCUT2D eigenvalue weighted by atomic mass is 19.1. The van der Waals surface area contributed by atoms with Gasteiger partial charge in [0.1, 0.15) is 5.82 Å². The van der Waals surface area contributed by atoms with Crippen molar-refractivity contribution in [3.05, 3.63) is 35.6 Å². The van der Waals surface area contributed by atoms with Crippen LogP contribution in [-0.4, -0.2) is 18.9 Å². The van der Waals surface area contributed by atoms with Gasteiger partial charge in [-0.05, 0) is 25.1 Å². The van der Waals surface area contributed by atoms with Crippen LogP contribution in [0.3, 0.4) is 0 Å². The minimum atomic E-state index is -0.413. The lowest BCUT2D eigenvalue weighted by atomic mass is 9.97. The van der Waals surface area contributed by atoms with Crippen LogP contribution in [0.4, 0.5) is 4.39 Å². The first-order valence-corrected chi connectivity index (χ1v) is 4.78. The fourth-order valence-corrected chi connectivity index (χ4v) is 1.76. The Morgan fingerprint density at radius 3 is 2.86 bits per heavy atom. The van der Waals surface area contributed by atoms with Crippen LogP contribution in [0.1, 0.15) is 16.8 Å². The summed E-state index contributed by atoms with van der Waals surface area (Å²) in [5, 5.41) is 3.10. The molecule has 74 valence electrons. The number of carbonyl (C=O) groups excluding carboxylic acids is 1. The van der Waals surface area contributed by atoms with E-state index in [4.69, 9.17) is 0 Å². The number of benzene rings is 1. The highest BCUT2D eigenvalue weighted by Crippen LogP contribution is 2.17. The summed E-state index contributed by atoms with van der Waals surface area (Å²) < 4.78 is 13.3. The lowest BCUT2D eigenvalue weighted by molar-refractivity contribution is 0.0926. The van der Waals surface area contributed by atoms with E-state index in [1.165, 1.54) is 6.07 Å². The van der Waals surface area contributed by atoms with E-state index in [0.717, 1.165) is 13.0 Å². The van der Waals surface area contributed by atoms with E-state index in [1.54, 1.807) is 18.2 Å². The van der Waals surface area contributed by atoms with Crippen LogP contribution < -0.4 is 5.32 Å². The molecule has 0 unspecified atom stereocenters. The van der Waals surface area contributed by atoms with Gasteiger partial charge < -0.3 is 5.32 Å². The summed E-state index contributed by atoms with van der Waals surface area (Å²) in [7, 11) is 0. The van der Waals surface area contributed by atoms with Gasteiger partial charge in [0.05, 0.1) is 5.56 Å². The molecule has 1 aliphatic heterocycles. The van der Waals surface area contributed by atoms with Gasteiger partial charge in [0, 0.05) is 12.5 Å². The van der Waals surface area contributed by atoms with Crippen LogP contribution in [0.15, 0.2) is 24.3 Å². The number of carbonyl (C=O) groups is 1. The molecule has 0 radical (unpaired) electrons. The summed E-state index contributed by atoms with van der Waals surface area (Å²) in [6.45, 7) is 1.53. The Kier molecular flexibility index (Phi) is 2.59. The van der Waals surface area contributed by atoms with Crippen LogP contribution in [0.5, 0.6) is 0 Å². The summed E-state index contributed by atoms with van der Waals surface area (Å²) in [5.41, 5.74) is 0.223. The third kappa shape index (κ3) is 1.68. The van der Waals surface area contributed by atoms with Gasteiger partial charge in [-0.25, -0.2) is 4.39 Å². The number of Topliss-reactive ketones (excluding diaryl/α,β-unsaturated/α-hetero) is 1. The third-order valence-electron chi connectivity index (χ3n) is 2.57. The molecule has 1 fully saturated rings. The van der Waals surface area contributed by atoms with Crippen molar-refractivity contribution in [2.45, 2.75) is 6.42 Å². The first-order valence-electron chi connectivity index (χ1n) is 4.78. The van der Waals surface area contributed by atoms with E-state index in [2.05, 4.69) is 5.32 Å². The predicted octanol–water partition coefficient (Wildman–Crippen LogP) is 1.62. The highest BCUT2D eigenvalue weighted by Gasteiger charge is 2.25. The van der Waals surface area contributed by atoms with Gasteiger partial charge in [-0.2, -0.15) is 0 Å². The average molecular weight is 193 g/mol. The van der Waals surface area contributed by atoms with Crippen molar-refractivity contribution in [3.63, 3.8) is 0 Å². The molecule has 14 heavy (non-hydrogen) atoms. The number of rotatable bonds is 2. The van der Waals surface area contributed by atoms with Crippen LogP contribution in [0.25, 0.3) is 0 Å². The molecule has 0 aromatic heterocycles. The van der Waals surface area contributed by atoms with Crippen LogP contribution in [0, 0.1) is 11.7 Å². The smallest absolute Gasteiger partial charge is 0.170 e. The second-order valence-electron chi connectivity index (χ2n) is 3.53. The summed E-state index contributed by atoms with van der Waals surface area (Å²) in [4.78, 5) is 11.8. The van der Waals surface area contributed by atoms with Gasteiger partial charge >= 0.3 is 0 Å². The molecular weight excluding hydrogens is 181 g/mol. The van der Waals surface area contributed by atoms with Gasteiger partial charge in [0.25, 0.3) is 0 Å². The summed E-state index contributed by atoms with van der Waals surface area (Å²) in [6, 6.07) is 6.17. The Morgan fingerprint density at radius 2 is 2.21 bits per heavy atom. The zero-order valence-electron chi connectivity index (χ0n) is 7.79. The molecule has 0 spiro atoms. The third-order valence-corrected chi connectivity index (χ3v) is 2.57. The molecule has 0 bridgehead atoms. The van der Waals surface area contributed by atoms with Crippen molar-refractivity contribution in [3.8, 4) is 0 Å². The number of ketones is 1. The first-order chi connectivity index (χ1) is 6.79. The molecule has 1 atom stereocenters. The van der Waals surface area contributed by atoms with Crippen molar-refractivity contribution in [2.24, 2.45) is 5.92 Å². The minimum absolute atomic E-state index is 0.0492. The number of nitrogens with one attached hydrogen (secondary N) is 1. The zero-order valence-corrected chi connectivity index (χ0v) is 7.79. The Labute approximate surface area is 82.1 Å². The largest absolute Gasteiger partial charge is 0.316 e. The topological polar surface area (TPSA) is 29.1 Å². The van der Waals surface area contributed by atoms with Gasteiger partial charge in [0.15, 0.2) is 5.78 Å². The predicted molar refractivity (Wildman–Crippen MR) is 51.7 cm³/mol. The van der Waals surface area contributed by atoms with E-state index in [1.807, 2.05) is 0 Å². The van der Waals surface area contributed by atoms with Crippen molar-refractivity contribution in [1.29, 1.82) is 0 Å². The van der Waals surface area contributed by atoms with E-state index in [9.17, 15) is 9.18 Å². The Bertz CT molecular complexity index is 345. The lowest BCUT2D eigenvalue weighted by Gasteiger charge is -2.07. The highest BCUT2D eigenvalue weighted by molar-refractivity contribution is 5.98. The van der Waals surface area contributed by atoms with Crippen LogP contribution in [0.2, 0.25) is 0 Å². The molecule has 1 N–H and O–H groups in total. The Balaban J connectivity index is 2.22. The molecule has 0 amide bonds. The Morgan fingerprint density at radius 1 is 1.43 bits per heavy atom. The van der Waals surface area contributed by atoms with Crippen molar-refractivity contribution < 1.29 is 9.18 Å². The molecule has 1 aromatic carbocycles. The molecule has 2 rings (SSSR count). The molecule has 1 saturated heterocycles. The van der Waals surface area contributed by atoms with Gasteiger partial charge in [-0.15, -0.1) is 0 Å². The summed E-state index contributed by atoms with van der Waals surface area (Å²) >= 11 is 0. The summed E-state index contributed by atoms with van der Waals surface area (Å²) in [5.74, 6) is -0.538. The molecule has 3 heteroatoms. The van der Waals surface area contributed by atoms with Gasteiger partial charge in [-0.1, -0.05) is 12.1 Å². The van der Waals surface area contributed by atoms with Gasteiger partial charge in [-0.3, -0.25) is 4.79 Å². The average Bonchev–Trinajstić information content (AvgIpc) is 2.70. The van der Waals surface area contributed by atoms with E-state index >= 15 is 0 Å². The maximum atomic E-state index is 13.3. The quantitative estimate of drug-likeness (QED) is 0.723. The monoisotopic (exact) mass is 193 g/mol. The number of hydrogen-bond acceptors (Lipinski definition) is 2. The maximum absolute atomic E-state index is 13.3. The molecular formula is C11H12FNO. The van der Waals surface area contributed by atoms with E-state index < -0.39 is 5.82 Å². The Hall–Kier alpha value is -1.22. The van der Waals surface area contributed by atoms with E-state index in [0.29, 0.717) is 6.54 Å². The van der Waals surface area contributed by atoms with Crippen molar-refractivity contribution in [1.82, 2.24) is 5.32 Å². The SMILES string of the molecule is O=C(c1ccccc1F)[C@H]1CCNC1. The number of halogens is 1. The normalized spacial score (nSPS) is 21.1. The molecule has 0 aliphatic carbocycles. The molecule has 1 aliphatic rings. The molecule has 1 aromatic rings. The summed E-state index contributed by atoms with van der Waals surface area (Å²) in [6.07, 6.45) is 0.813. The lowest BCUT2D eigenvalue weighted by Crippen LogP contribution is -2.18. The minimum Gasteiger partial charge on any atom is -0.316 e. The van der Waals surface area contributed by atoms with Gasteiger partial charge in [0.2, 0.25) is 0 Å². The second kappa shape index (κ2) is 3.88. The van der Waals surface area contributed by atoms with Crippen LogP contribution >= 0.6 is 0 Å². The fraction of sp³-hybridized carbons (Fsp3) is 0.364. The number of hydrogen-bond donors (Lipinski definition) is 1. The first kappa shape index (κ1) is 9.34. The van der Waals surface area contributed by atoms with Crippen molar-refractivity contribution >= 4 is 5.78 Å². The van der Waals surface area contributed by atoms with Crippen LogP contribution in [-0.2, 0) is 0 Å². The molecule has 1 heterocycles. The maximum Gasteiger partial charge on any atom is 0.170 e. The molecule has 2 nitrogen and oxygen atoms in total. The van der Waals surface area contributed by atoms with Crippen molar-refractivity contribution in [2.75, 3.05) is 13.1 Å².